The molecule has 0 spiro atoms. The van der Waals surface area contributed by atoms with E-state index in [0.717, 1.165) is 36.6 Å². The zero-order valence-electron chi connectivity index (χ0n) is 15.2. The van der Waals surface area contributed by atoms with E-state index in [0.29, 0.717) is 11.8 Å². The fourth-order valence-corrected chi connectivity index (χ4v) is 5.17. The molecule has 0 bridgehead atoms. The number of aryl methyl sites for hydroxylation is 1. The monoisotopic (exact) mass is 371 g/mol. The first-order valence-electron chi connectivity index (χ1n) is 9.20. The maximum absolute atomic E-state index is 12.8. The predicted molar refractivity (Wildman–Crippen MR) is 104 cm³/mol. The Morgan fingerprint density at radius 1 is 1.23 bits per heavy atom. The Bertz CT molecular complexity index is 763. The van der Waals surface area contributed by atoms with Gasteiger partial charge in [0.25, 0.3) is 5.91 Å². The van der Waals surface area contributed by atoms with E-state index >= 15 is 0 Å². The molecule has 0 radical (unpaired) electrons. The molecular weight excluding hydrogens is 346 g/mol. The third kappa shape index (κ3) is 3.48. The van der Waals surface area contributed by atoms with Crippen LogP contribution in [0.2, 0.25) is 0 Å². The minimum absolute atomic E-state index is 0.150. The highest BCUT2D eigenvalue weighted by molar-refractivity contribution is 7.13. The number of nitrogens with one attached hydrogen (secondary N) is 1. The summed E-state index contributed by atoms with van der Waals surface area (Å²) in [5, 5.41) is 3.54. The summed E-state index contributed by atoms with van der Waals surface area (Å²) in [5.74, 6) is 2.11. The van der Waals surface area contributed by atoms with E-state index in [9.17, 15) is 4.79 Å². The second-order valence-corrected chi connectivity index (χ2v) is 8.64. The highest BCUT2D eigenvalue weighted by Gasteiger charge is 2.44. The van der Waals surface area contributed by atoms with Gasteiger partial charge in [0.1, 0.15) is 5.82 Å². The largest absolute Gasteiger partial charge is 0.379 e. The van der Waals surface area contributed by atoms with Crippen LogP contribution in [0.15, 0.2) is 36.5 Å². The van der Waals surface area contributed by atoms with Crippen molar-refractivity contribution < 1.29 is 9.53 Å². The molecule has 3 heterocycles. The van der Waals surface area contributed by atoms with Crippen molar-refractivity contribution in [3.63, 3.8) is 0 Å². The van der Waals surface area contributed by atoms with E-state index in [-0.39, 0.29) is 18.1 Å². The molecule has 0 unspecified atom stereocenters. The van der Waals surface area contributed by atoms with E-state index in [1.54, 1.807) is 24.6 Å². The van der Waals surface area contributed by atoms with Crippen LogP contribution >= 0.6 is 11.3 Å². The minimum atomic E-state index is 0.150. The van der Waals surface area contributed by atoms with Crippen LogP contribution in [-0.4, -0.2) is 48.1 Å². The van der Waals surface area contributed by atoms with Crippen molar-refractivity contribution in [2.45, 2.75) is 31.9 Å². The van der Waals surface area contributed by atoms with Gasteiger partial charge < -0.3 is 15.0 Å². The SMILES string of the molecule is CO[C@@H]1C[C@H]2CN(C(=O)c3ccc(C)s3)C[C@H]2C[C@H]1Nc1ccccn1. The molecule has 1 aliphatic carbocycles. The van der Waals surface area contributed by atoms with Crippen molar-refractivity contribution in [1.29, 1.82) is 0 Å². The molecule has 4 rings (SSSR count). The number of aromatic nitrogens is 1. The van der Waals surface area contributed by atoms with Crippen LogP contribution in [0.4, 0.5) is 5.82 Å². The number of thiophene rings is 1. The quantitative estimate of drug-likeness (QED) is 0.895. The number of pyridine rings is 1. The van der Waals surface area contributed by atoms with Gasteiger partial charge in [0.2, 0.25) is 0 Å². The van der Waals surface area contributed by atoms with Gasteiger partial charge in [0, 0.05) is 31.3 Å². The van der Waals surface area contributed by atoms with Gasteiger partial charge in [-0.2, -0.15) is 0 Å². The van der Waals surface area contributed by atoms with Crippen molar-refractivity contribution in [2.24, 2.45) is 11.8 Å². The summed E-state index contributed by atoms with van der Waals surface area (Å²) in [7, 11) is 1.78. The highest BCUT2D eigenvalue weighted by Crippen LogP contribution is 2.39. The van der Waals surface area contributed by atoms with Crippen LogP contribution in [0.5, 0.6) is 0 Å². The number of anilines is 1. The molecule has 1 N–H and O–H groups in total. The molecule has 1 amide bonds. The Morgan fingerprint density at radius 2 is 2.04 bits per heavy atom. The fraction of sp³-hybridized carbons (Fsp3) is 0.500. The van der Waals surface area contributed by atoms with E-state index in [2.05, 4.69) is 10.3 Å². The van der Waals surface area contributed by atoms with Crippen LogP contribution in [0, 0.1) is 18.8 Å². The molecular formula is C20H25N3O2S. The number of amides is 1. The summed E-state index contributed by atoms with van der Waals surface area (Å²) in [6.45, 7) is 3.73. The summed E-state index contributed by atoms with van der Waals surface area (Å²) in [4.78, 5) is 21.3. The van der Waals surface area contributed by atoms with E-state index < -0.39 is 0 Å². The van der Waals surface area contributed by atoms with E-state index in [4.69, 9.17) is 4.74 Å². The van der Waals surface area contributed by atoms with Gasteiger partial charge in [-0.05, 0) is 55.9 Å². The third-order valence-corrected chi connectivity index (χ3v) is 6.64. The minimum Gasteiger partial charge on any atom is -0.379 e. The predicted octanol–water partition coefficient (Wildman–Crippen LogP) is 3.43. The van der Waals surface area contributed by atoms with Crippen LogP contribution in [0.3, 0.4) is 0 Å². The molecule has 0 aromatic carbocycles. The zero-order chi connectivity index (χ0) is 18.1. The average Bonchev–Trinajstić information content (AvgIpc) is 3.27. The van der Waals surface area contributed by atoms with E-state index in [1.165, 1.54) is 4.88 Å². The molecule has 1 saturated carbocycles. The van der Waals surface area contributed by atoms with Crippen LogP contribution in [0.25, 0.3) is 0 Å². The summed E-state index contributed by atoms with van der Waals surface area (Å²) in [5.41, 5.74) is 0. The lowest BCUT2D eigenvalue weighted by molar-refractivity contribution is 0.0304. The molecule has 1 aliphatic heterocycles. The molecule has 138 valence electrons. The van der Waals surface area contributed by atoms with Crippen molar-refractivity contribution in [1.82, 2.24) is 9.88 Å². The molecule has 2 fully saturated rings. The summed E-state index contributed by atoms with van der Waals surface area (Å²) in [6.07, 6.45) is 3.94. The van der Waals surface area contributed by atoms with Gasteiger partial charge >= 0.3 is 0 Å². The van der Waals surface area contributed by atoms with Crippen molar-refractivity contribution >= 4 is 23.1 Å². The van der Waals surface area contributed by atoms with Crippen molar-refractivity contribution in [2.75, 3.05) is 25.5 Å². The second kappa shape index (κ2) is 7.37. The Kier molecular flexibility index (Phi) is 4.96. The average molecular weight is 372 g/mol. The zero-order valence-corrected chi connectivity index (χ0v) is 16.0. The number of likely N-dealkylation sites (tertiary alicyclic amines) is 1. The van der Waals surface area contributed by atoms with Crippen LogP contribution in [-0.2, 0) is 4.74 Å². The van der Waals surface area contributed by atoms with Gasteiger partial charge in [-0.15, -0.1) is 11.3 Å². The summed E-state index contributed by atoms with van der Waals surface area (Å²) < 4.78 is 5.78. The van der Waals surface area contributed by atoms with Crippen LogP contribution < -0.4 is 5.32 Å². The first-order valence-corrected chi connectivity index (χ1v) is 10.0. The van der Waals surface area contributed by atoms with Crippen molar-refractivity contribution in [3.05, 3.63) is 46.3 Å². The third-order valence-electron chi connectivity index (χ3n) is 5.66. The normalized spacial score (nSPS) is 28.0. The first kappa shape index (κ1) is 17.5. The lowest BCUT2D eigenvalue weighted by Crippen LogP contribution is -2.44. The number of carbonyl (C=O) groups is 1. The number of hydrogen-bond acceptors (Lipinski definition) is 5. The number of rotatable bonds is 4. The summed E-state index contributed by atoms with van der Waals surface area (Å²) in [6, 6.07) is 10.1. The summed E-state index contributed by atoms with van der Waals surface area (Å²) >= 11 is 1.59. The Balaban J connectivity index is 1.44. The molecule has 5 nitrogen and oxygen atoms in total. The topological polar surface area (TPSA) is 54.5 Å². The lowest BCUT2D eigenvalue weighted by Gasteiger charge is -2.37. The van der Waals surface area contributed by atoms with Gasteiger partial charge in [-0.1, -0.05) is 6.07 Å². The van der Waals surface area contributed by atoms with Crippen molar-refractivity contribution in [3.8, 4) is 0 Å². The Morgan fingerprint density at radius 3 is 2.69 bits per heavy atom. The highest BCUT2D eigenvalue weighted by atomic mass is 32.1. The molecule has 2 aromatic rings. The first-order chi connectivity index (χ1) is 12.6. The number of fused-ring (bicyclic) bond motifs is 1. The van der Waals surface area contributed by atoms with E-state index in [1.807, 2.05) is 42.2 Å². The molecule has 2 aliphatic rings. The fourth-order valence-electron chi connectivity index (χ4n) is 4.33. The second-order valence-electron chi connectivity index (χ2n) is 7.35. The Hall–Kier alpha value is -1.92. The van der Waals surface area contributed by atoms with Gasteiger partial charge in [-0.3, -0.25) is 4.79 Å². The molecule has 2 aromatic heterocycles. The number of ether oxygens (including phenoxy) is 1. The number of methoxy groups -OCH3 is 1. The van der Waals surface area contributed by atoms with Crippen LogP contribution in [0.1, 0.15) is 27.4 Å². The molecule has 1 saturated heterocycles. The number of hydrogen-bond donors (Lipinski definition) is 1. The van der Waals surface area contributed by atoms with Gasteiger partial charge in [0.05, 0.1) is 17.0 Å². The lowest BCUT2D eigenvalue weighted by atomic mass is 9.77. The number of nitrogens with zero attached hydrogens (tertiary/aromatic N) is 2. The standard InChI is InChI=1S/C20H25N3O2S/c1-13-6-7-18(26-13)20(24)23-11-14-9-16(17(25-2)10-15(14)12-23)22-19-5-3-4-8-21-19/h3-8,14-17H,9-12H2,1-2H3,(H,21,22)/t14-,15+,16-,17-/m1/s1. The van der Waals surface area contributed by atoms with Gasteiger partial charge in [0.15, 0.2) is 0 Å². The maximum atomic E-state index is 12.8. The molecule has 4 atom stereocenters. The maximum Gasteiger partial charge on any atom is 0.263 e. The smallest absolute Gasteiger partial charge is 0.263 e. The van der Waals surface area contributed by atoms with Gasteiger partial charge in [-0.25, -0.2) is 4.98 Å². The molecule has 26 heavy (non-hydrogen) atoms. The molecule has 6 heteroatoms. The number of carbonyl (C=O) groups excluding carboxylic acids is 1. The Labute approximate surface area is 158 Å².